The van der Waals surface area contributed by atoms with Gasteiger partial charge in [0.15, 0.2) is 17.7 Å². The summed E-state index contributed by atoms with van der Waals surface area (Å²) >= 11 is 0. The molecule has 3 N–H and O–H groups in total. The summed E-state index contributed by atoms with van der Waals surface area (Å²) in [6.45, 7) is 0. The Hall–Kier alpha value is -2.91. The summed E-state index contributed by atoms with van der Waals surface area (Å²) in [6, 6.07) is 4.31. The lowest BCUT2D eigenvalue weighted by molar-refractivity contribution is -0.204. The number of halogens is 5. The van der Waals surface area contributed by atoms with Crippen molar-refractivity contribution in [1.82, 2.24) is 4.98 Å². The van der Waals surface area contributed by atoms with Crippen LogP contribution in [-0.4, -0.2) is 23.3 Å². The normalized spacial score (nSPS) is 20.3. The maximum Gasteiger partial charge on any atom is 0.425 e. The lowest BCUT2D eigenvalue weighted by Crippen LogP contribution is -2.40. The zero-order chi connectivity index (χ0) is 18.9. The van der Waals surface area contributed by atoms with Gasteiger partial charge in [0.2, 0.25) is 0 Å². The minimum Gasteiger partial charge on any atom is -0.452 e. The Balaban J connectivity index is 1.90. The lowest BCUT2D eigenvalue weighted by atomic mass is 9.98. The Morgan fingerprint density at radius 2 is 1.92 bits per heavy atom. The van der Waals surface area contributed by atoms with Gasteiger partial charge in [0.05, 0.1) is 6.04 Å². The average Bonchev–Trinajstić information content (AvgIpc) is 2.57. The molecular weight excluding hydrogens is 359 g/mol. The van der Waals surface area contributed by atoms with Crippen molar-refractivity contribution in [3.05, 3.63) is 53.7 Å². The Bertz CT molecular complexity index is 840. The number of aromatic nitrogens is 1. The molecule has 1 aromatic carbocycles. The average molecular weight is 372 g/mol. The van der Waals surface area contributed by atoms with E-state index in [0.717, 1.165) is 6.07 Å². The number of amidine groups is 1. The molecule has 2 aromatic rings. The van der Waals surface area contributed by atoms with Gasteiger partial charge in [-0.3, -0.25) is 0 Å². The summed E-state index contributed by atoms with van der Waals surface area (Å²) in [5.74, 6) is -1.50. The van der Waals surface area contributed by atoms with E-state index in [1.807, 2.05) is 0 Å². The number of alkyl halides is 3. The largest absolute Gasteiger partial charge is 0.452 e. The van der Waals surface area contributed by atoms with E-state index in [2.05, 4.69) is 20.0 Å². The molecule has 3 rings (SSSR count). The van der Waals surface area contributed by atoms with Gasteiger partial charge in [-0.2, -0.15) is 13.2 Å². The first-order valence-electron chi connectivity index (χ1n) is 7.47. The van der Waals surface area contributed by atoms with Crippen molar-refractivity contribution in [1.29, 1.82) is 0 Å². The van der Waals surface area contributed by atoms with Gasteiger partial charge in [-0.1, -0.05) is 0 Å². The van der Waals surface area contributed by atoms with Crippen LogP contribution in [0.4, 0.5) is 33.5 Å². The van der Waals surface area contributed by atoms with E-state index >= 15 is 0 Å². The molecule has 0 saturated heterocycles. The number of hydrogen-bond donors (Lipinski definition) is 2. The molecule has 5 nitrogen and oxygen atoms in total. The van der Waals surface area contributed by atoms with Crippen LogP contribution in [0.5, 0.6) is 0 Å². The smallest absolute Gasteiger partial charge is 0.425 e. The number of nitrogens with two attached hydrogens (primary N) is 1. The van der Waals surface area contributed by atoms with E-state index in [1.165, 1.54) is 30.5 Å². The number of hydrogen-bond acceptors (Lipinski definition) is 5. The number of nitrogens with one attached hydrogen (secondary N) is 1. The molecule has 0 unspecified atom stereocenters. The fraction of sp³-hybridized carbons (Fsp3) is 0.250. The number of nitrogens with zero attached hydrogens (tertiary/aromatic N) is 2. The molecule has 0 fully saturated rings. The molecule has 0 saturated carbocycles. The van der Waals surface area contributed by atoms with E-state index in [4.69, 9.17) is 5.73 Å². The van der Waals surface area contributed by atoms with Gasteiger partial charge in [0, 0.05) is 23.9 Å². The second-order valence-electron chi connectivity index (χ2n) is 5.56. The first-order valence-corrected chi connectivity index (χ1v) is 7.47. The maximum absolute atomic E-state index is 14.2. The van der Waals surface area contributed by atoms with E-state index in [0.29, 0.717) is 0 Å². The minimum atomic E-state index is -4.66. The molecule has 2 atom stereocenters. The van der Waals surface area contributed by atoms with Gasteiger partial charge in [-0.15, -0.1) is 0 Å². The molecule has 2 heterocycles. The summed E-state index contributed by atoms with van der Waals surface area (Å²) in [4.78, 5) is 7.56. The Kier molecular flexibility index (Phi) is 4.66. The van der Waals surface area contributed by atoms with Crippen LogP contribution < -0.4 is 11.1 Å². The van der Waals surface area contributed by atoms with Crippen LogP contribution in [0, 0.1) is 11.6 Å². The Morgan fingerprint density at radius 1 is 1.15 bits per heavy atom. The molecule has 26 heavy (non-hydrogen) atoms. The van der Waals surface area contributed by atoms with Crippen molar-refractivity contribution >= 4 is 17.5 Å². The molecule has 0 spiro atoms. The summed E-state index contributed by atoms with van der Waals surface area (Å²) in [5.41, 5.74) is 5.43. The Morgan fingerprint density at radius 3 is 2.62 bits per heavy atom. The highest BCUT2D eigenvalue weighted by molar-refractivity contribution is 5.73. The van der Waals surface area contributed by atoms with Crippen LogP contribution in [0.1, 0.15) is 18.0 Å². The van der Waals surface area contributed by atoms with Crippen LogP contribution in [0.25, 0.3) is 0 Å². The maximum atomic E-state index is 14.2. The van der Waals surface area contributed by atoms with Crippen LogP contribution in [0.2, 0.25) is 0 Å². The molecule has 0 amide bonds. The van der Waals surface area contributed by atoms with Gasteiger partial charge in [-0.25, -0.2) is 18.8 Å². The van der Waals surface area contributed by atoms with Crippen LogP contribution >= 0.6 is 0 Å². The third-order valence-electron chi connectivity index (χ3n) is 3.72. The van der Waals surface area contributed by atoms with Gasteiger partial charge in [0.25, 0.3) is 6.02 Å². The second kappa shape index (κ2) is 6.77. The van der Waals surface area contributed by atoms with Crippen molar-refractivity contribution in [3.63, 3.8) is 0 Å². The van der Waals surface area contributed by atoms with Crippen LogP contribution in [0.3, 0.4) is 0 Å². The third-order valence-corrected chi connectivity index (χ3v) is 3.72. The van der Waals surface area contributed by atoms with Crippen molar-refractivity contribution in [2.45, 2.75) is 24.7 Å². The first kappa shape index (κ1) is 17.9. The lowest BCUT2D eigenvalue weighted by Gasteiger charge is -2.29. The van der Waals surface area contributed by atoms with E-state index in [1.54, 1.807) is 0 Å². The first-order chi connectivity index (χ1) is 12.2. The highest BCUT2D eigenvalue weighted by atomic mass is 19.4. The van der Waals surface area contributed by atoms with E-state index < -0.39 is 42.4 Å². The van der Waals surface area contributed by atoms with Crippen molar-refractivity contribution in [3.8, 4) is 0 Å². The number of anilines is 2. The fourth-order valence-corrected chi connectivity index (χ4v) is 2.52. The molecule has 1 aliphatic rings. The van der Waals surface area contributed by atoms with Gasteiger partial charge in [-0.05, 0) is 30.3 Å². The number of ether oxygens (including phenoxy) is 1. The highest BCUT2D eigenvalue weighted by Gasteiger charge is 2.46. The predicted molar refractivity (Wildman–Crippen MR) is 83.8 cm³/mol. The van der Waals surface area contributed by atoms with Crippen LogP contribution in [-0.2, 0) is 4.74 Å². The third kappa shape index (κ3) is 3.84. The molecule has 138 valence electrons. The number of benzene rings is 1. The predicted octanol–water partition coefficient (Wildman–Crippen LogP) is 3.81. The van der Waals surface area contributed by atoms with E-state index in [-0.39, 0.29) is 17.1 Å². The number of rotatable bonds is 3. The van der Waals surface area contributed by atoms with Crippen LogP contribution in [0.15, 0.2) is 41.5 Å². The molecule has 1 aromatic heterocycles. The number of aliphatic imine (C=N–C) groups is 1. The number of pyridine rings is 1. The van der Waals surface area contributed by atoms with Gasteiger partial charge in [0.1, 0.15) is 5.82 Å². The zero-order valence-corrected chi connectivity index (χ0v) is 13.1. The molecule has 0 aliphatic carbocycles. The topological polar surface area (TPSA) is 72.5 Å². The van der Waals surface area contributed by atoms with Crippen molar-refractivity contribution in [2.24, 2.45) is 10.7 Å². The summed E-state index contributed by atoms with van der Waals surface area (Å²) in [6.07, 6.45) is -6.12. The van der Waals surface area contributed by atoms with Crippen molar-refractivity contribution < 1.29 is 26.7 Å². The monoisotopic (exact) mass is 372 g/mol. The zero-order valence-electron chi connectivity index (χ0n) is 13.1. The molecule has 0 bridgehead atoms. The summed E-state index contributed by atoms with van der Waals surface area (Å²) in [5, 5.41) is 2.65. The molecule has 0 radical (unpaired) electrons. The summed E-state index contributed by atoms with van der Waals surface area (Å²) in [7, 11) is 0. The van der Waals surface area contributed by atoms with Gasteiger partial charge < -0.3 is 15.8 Å². The Labute approximate surface area is 144 Å². The fourth-order valence-electron chi connectivity index (χ4n) is 2.52. The minimum absolute atomic E-state index is 0.104. The molecular formula is C16H13F5N4O. The SMILES string of the molecule is NC1=N[C@H](c2cc(Nc3ncccc3F)ccc2F)C[C@@H](C(F)(F)F)O1. The van der Waals surface area contributed by atoms with Crippen molar-refractivity contribution in [2.75, 3.05) is 5.32 Å². The molecule has 10 heteroatoms. The standard InChI is InChI=1S/C16H13F5N4O/c17-10-4-3-8(24-14-11(18)2-1-5-23-14)6-9(10)12-7-13(16(19,20)21)26-15(22)25-12/h1-6,12-13H,7H2,(H2,22,25)(H,23,24)/t12-,13-/m0/s1. The van der Waals surface area contributed by atoms with Gasteiger partial charge >= 0.3 is 6.18 Å². The summed E-state index contributed by atoms with van der Waals surface area (Å²) < 4.78 is 71.1. The quantitative estimate of drug-likeness (QED) is 0.804. The van der Waals surface area contributed by atoms with E-state index in [9.17, 15) is 22.0 Å². The molecule has 1 aliphatic heterocycles. The highest BCUT2D eigenvalue weighted by Crippen LogP contribution is 2.37. The second-order valence-corrected chi connectivity index (χ2v) is 5.56.